The smallest absolute Gasteiger partial charge is 0.135 e. The number of benzene rings is 1. The number of aromatic nitrogens is 2. The fourth-order valence-electron chi connectivity index (χ4n) is 1.46. The molecule has 88 valence electrons. The summed E-state index contributed by atoms with van der Waals surface area (Å²) in [5, 5.41) is 0. The van der Waals surface area contributed by atoms with E-state index in [1.807, 2.05) is 6.92 Å². The first-order chi connectivity index (χ1) is 8.10. The van der Waals surface area contributed by atoms with Crippen LogP contribution in [0.4, 0.5) is 8.78 Å². The molecule has 0 spiro atoms. The Labute approximate surface area is 106 Å². The second-order valence-corrected chi connectivity index (χ2v) is 4.28. The van der Waals surface area contributed by atoms with Crippen molar-refractivity contribution in [3.8, 4) is 11.3 Å². The Hall–Kier alpha value is -1.36. The van der Waals surface area contributed by atoms with Crippen LogP contribution >= 0.6 is 15.9 Å². The second kappa shape index (κ2) is 4.87. The maximum Gasteiger partial charge on any atom is 0.135 e. The molecule has 1 aromatic carbocycles. The van der Waals surface area contributed by atoms with Gasteiger partial charge in [0.1, 0.15) is 22.1 Å². The van der Waals surface area contributed by atoms with Gasteiger partial charge in [-0.1, -0.05) is 6.92 Å². The van der Waals surface area contributed by atoms with Gasteiger partial charge in [-0.05, 0) is 34.1 Å². The highest BCUT2D eigenvalue weighted by Crippen LogP contribution is 2.23. The summed E-state index contributed by atoms with van der Waals surface area (Å²) in [7, 11) is 0. The van der Waals surface area contributed by atoms with E-state index in [1.165, 1.54) is 12.1 Å². The summed E-state index contributed by atoms with van der Waals surface area (Å²) in [5.74, 6) is -0.620. The molecule has 0 saturated heterocycles. The van der Waals surface area contributed by atoms with Crippen LogP contribution in [0.1, 0.15) is 12.7 Å². The molecule has 17 heavy (non-hydrogen) atoms. The van der Waals surface area contributed by atoms with Gasteiger partial charge in [-0.15, -0.1) is 0 Å². The molecule has 0 fully saturated rings. The lowest BCUT2D eigenvalue weighted by Crippen LogP contribution is -1.97. The SMILES string of the molecule is CCc1nc(Br)cc(-c2ccc(F)cc2F)n1. The number of halogens is 3. The number of nitrogens with zero attached hydrogens (tertiary/aromatic N) is 2. The third-order valence-electron chi connectivity index (χ3n) is 2.26. The molecule has 0 amide bonds. The molecule has 1 heterocycles. The van der Waals surface area contributed by atoms with E-state index in [9.17, 15) is 8.78 Å². The van der Waals surface area contributed by atoms with Crippen LogP contribution in [0.5, 0.6) is 0 Å². The predicted octanol–water partition coefficient (Wildman–Crippen LogP) is 3.75. The molecule has 1 aromatic heterocycles. The molecular formula is C12H9BrF2N2. The molecule has 0 unspecified atom stereocenters. The van der Waals surface area contributed by atoms with E-state index in [1.54, 1.807) is 6.07 Å². The monoisotopic (exact) mass is 298 g/mol. The zero-order chi connectivity index (χ0) is 12.4. The molecule has 0 radical (unpaired) electrons. The summed E-state index contributed by atoms with van der Waals surface area (Å²) in [6.45, 7) is 1.91. The van der Waals surface area contributed by atoms with Crippen molar-refractivity contribution >= 4 is 15.9 Å². The summed E-state index contributed by atoms with van der Waals surface area (Å²) < 4.78 is 27.0. The lowest BCUT2D eigenvalue weighted by Gasteiger charge is -2.05. The van der Waals surface area contributed by atoms with Crippen molar-refractivity contribution < 1.29 is 8.78 Å². The fourth-order valence-corrected chi connectivity index (χ4v) is 1.88. The number of hydrogen-bond acceptors (Lipinski definition) is 2. The van der Waals surface area contributed by atoms with Crippen LogP contribution in [0, 0.1) is 11.6 Å². The Morgan fingerprint density at radius 2 is 1.94 bits per heavy atom. The number of rotatable bonds is 2. The van der Waals surface area contributed by atoms with Gasteiger partial charge in [0.25, 0.3) is 0 Å². The van der Waals surface area contributed by atoms with E-state index < -0.39 is 11.6 Å². The first-order valence-electron chi connectivity index (χ1n) is 5.09. The number of aryl methyl sites for hydroxylation is 1. The van der Waals surface area contributed by atoms with Crippen LogP contribution in [0.25, 0.3) is 11.3 Å². The van der Waals surface area contributed by atoms with Crippen molar-refractivity contribution in [2.75, 3.05) is 0 Å². The zero-order valence-electron chi connectivity index (χ0n) is 9.04. The van der Waals surface area contributed by atoms with Crippen molar-refractivity contribution in [1.29, 1.82) is 0 Å². The van der Waals surface area contributed by atoms with Gasteiger partial charge in [-0.3, -0.25) is 0 Å². The number of hydrogen-bond donors (Lipinski definition) is 0. The van der Waals surface area contributed by atoms with Gasteiger partial charge in [-0.2, -0.15) is 0 Å². The van der Waals surface area contributed by atoms with Crippen LogP contribution in [0.15, 0.2) is 28.9 Å². The van der Waals surface area contributed by atoms with E-state index >= 15 is 0 Å². The van der Waals surface area contributed by atoms with Crippen LogP contribution in [-0.2, 0) is 6.42 Å². The molecule has 2 rings (SSSR count). The molecule has 0 aliphatic heterocycles. The Kier molecular flexibility index (Phi) is 3.47. The van der Waals surface area contributed by atoms with Gasteiger partial charge in [0, 0.05) is 18.1 Å². The van der Waals surface area contributed by atoms with Crippen molar-refractivity contribution in [2.24, 2.45) is 0 Å². The summed E-state index contributed by atoms with van der Waals surface area (Å²) in [6.07, 6.45) is 0.648. The molecule has 0 N–H and O–H groups in total. The molecule has 0 saturated carbocycles. The third-order valence-corrected chi connectivity index (χ3v) is 2.67. The highest BCUT2D eigenvalue weighted by atomic mass is 79.9. The Bertz CT molecular complexity index is 558. The predicted molar refractivity (Wildman–Crippen MR) is 64.5 cm³/mol. The minimum Gasteiger partial charge on any atom is -0.233 e. The van der Waals surface area contributed by atoms with Crippen molar-refractivity contribution in [3.63, 3.8) is 0 Å². The maximum absolute atomic E-state index is 13.6. The summed E-state index contributed by atoms with van der Waals surface area (Å²) in [5.41, 5.74) is 0.713. The molecule has 0 atom stereocenters. The van der Waals surface area contributed by atoms with Crippen molar-refractivity contribution in [3.05, 3.63) is 46.3 Å². The molecule has 2 aromatic rings. The van der Waals surface area contributed by atoms with Gasteiger partial charge in [0.2, 0.25) is 0 Å². The van der Waals surface area contributed by atoms with Gasteiger partial charge in [-0.25, -0.2) is 18.7 Å². The van der Waals surface area contributed by atoms with E-state index in [0.717, 1.165) is 6.07 Å². The largest absolute Gasteiger partial charge is 0.233 e. The normalized spacial score (nSPS) is 10.6. The maximum atomic E-state index is 13.6. The Morgan fingerprint density at radius 3 is 2.59 bits per heavy atom. The highest BCUT2D eigenvalue weighted by Gasteiger charge is 2.10. The topological polar surface area (TPSA) is 25.8 Å². The van der Waals surface area contributed by atoms with Crippen molar-refractivity contribution in [1.82, 2.24) is 9.97 Å². The van der Waals surface area contributed by atoms with Crippen molar-refractivity contribution in [2.45, 2.75) is 13.3 Å². The zero-order valence-corrected chi connectivity index (χ0v) is 10.6. The average Bonchev–Trinajstić information content (AvgIpc) is 2.28. The fraction of sp³-hybridized carbons (Fsp3) is 0.167. The minimum atomic E-state index is -0.627. The van der Waals surface area contributed by atoms with E-state index in [4.69, 9.17) is 0 Å². The molecular weight excluding hydrogens is 290 g/mol. The average molecular weight is 299 g/mol. The molecule has 2 nitrogen and oxygen atoms in total. The highest BCUT2D eigenvalue weighted by molar-refractivity contribution is 9.10. The minimum absolute atomic E-state index is 0.268. The van der Waals surface area contributed by atoms with Crippen LogP contribution in [0.3, 0.4) is 0 Å². The lowest BCUT2D eigenvalue weighted by molar-refractivity contribution is 0.585. The van der Waals surface area contributed by atoms with E-state index in [2.05, 4.69) is 25.9 Å². The van der Waals surface area contributed by atoms with E-state index in [-0.39, 0.29) is 5.56 Å². The van der Waals surface area contributed by atoms with Gasteiger partial charge >= 0.3 is 0 Å². The molecule has 5 heteroatoms. The van der Waals surface area contributed by atoms with Gasteiger partial charge in [0.05, 0.1) is 5.69 Å². The quantitative estimate of drug-likeness (QED) is 0.789. The molecule has 0 bridgehead atoms. The van der Waals surface area contributed by atoms with Gasteiger partial charge in [0.15, 0.2) is 0 Å². The first kappa shape index (κ1) is 12.1. The molecule has 0 aliphatic rings. The third kappa shape index (κ3) is 2.66. The Balaban J connectivity index is 2.55. The van der Waals surface area contributed by atoms with Crippen LogP contribution < -0.4 is 0 Å². The van der Waals surface area contributed by atoms with E-state index in [0.29, 0.717) is 22.5 Å². The summed E-state index contributed by atoms with van der Waals surface area (Å²) in [6, 6.07) is 5.03. The molecule has 0 aliphatic carbocycles. The summed E-state index contributed by atoms with van der Waals surface area (Å²) >= 11 is 3.24. The first-order valence-corrected chi connectivity index (χ1v) is 5.88. The summed E-state index contributed by atoms with van der Waals surface area (Å²) in [4.78, 5) is 8.34. The van der Waals surface area contributed by atoms with Crippen LogP contribution in [0.2, 0.25) is 0 Å². The standard InChI is InChI=1S/C12H9BrF2N2/c1-2-12-16-10(6-11(13)17-12)8-4-3-7(14)5-9(8)15/h3-6H,2H2,1H3. The van der Waals surface area contributed by atoms with Gasteiger partial charge < -0.3 is 0 Å². The lowest BCUT2D eigenvalue weighted by atomic mass is 10.1. The van der Waals surface area contributed by atoms with Crippen LogP contribution in [-0.4, -0.2) is 9.97 Å². The second-order valence-electron chi connectivity index (χ2n) is 3.47. The Morgan fingerprint density at radius 1 is 1.18 bits per heavy atom.